The summed E-state index contributed by atoms with van der Waals surface area (Å²) in [7, 11) is 2.05. The van der Waals surface area contributed by atoms with Gasteiger partial charge in [-0.3, -0.25) is 4.79 Å². The highest BCUT2D eigenvalue weighted by Crippen LogP contribution is 2.15. The van der Waals surface area contributed by atoms with Gasteiger partial charge in [-0.2, -0.15) is 0 Å². The molecule has 4 nitrogen and oxygen atoms in total. The Morgan fingerprint density at radius 2 is 2.00 bits per heavy atom. The van der Waals surface area contributed by atoms with Crippen LogP contribution in [-0.2, 0) is 11.2 Å². The van der Waals surface area contributed by atoms with E-state index >= 15 is 0 Å². The summed E-state index contributed by atoms with van der Waals surface area (Å²) in [6.07, 6.45) is 0.499. The molecule has 2 N–H and O–H groups in total. The highest BCUT2D eigenvalue weighted by atomic mass is 19.1. The van der Waals surface area contributed by atoms with Crippen LogP contribution in [0.25, 0.3) is 0 Å². The van der Waals surface area contributed by atoms with Gasteiger partial charge in [0, 0.05) is 32.7 Å². The van der Waals surface area contributed by atoms with Gasteiger partial charge in [-0.05, 0) is 37.6 Å². The first-order valence-corrected chi connectivity index (χ1v) is 7.43. The number of halogens is 1. The number of rotatable bonds is 4. The van der Waals surface area contributed by atoms with Crippen molar-refractivity contribution in [2.24, 2.45) is 11.7 Å². The molecule has 0 saturated carbocycles. The van der Waals surface area contributed by atoms with E-state index in [1.54, 1.807) is 13.0 Å². The molecule has 1 unspecified atom stereocenters. The number of likely N-dealkylation sites (N-methyl/N-ethyl adjacent to an activating group) is 1. The molecule has 1 aromatic carbocycles. The lowest BCUT2D eigenvalue weighted by Crippen LogP contribution is -2.50. The second-order valence-corrected chi connectivity index (χ2v) is 5.85. The number of hydrogen-bond acceptors (Lipinski definition) is 3. The van der Waals surface area contributed by atoms with E-state index in [2.05, 4.69) is 11.9 Å². The summed E-state index contributed by atoms with van der Waals surface area (Å²) in [4.78, 5) is 16.6. The molecule has 0 aromatic heterocycles. The molecule has 0 spiro atoms. The molecule has 1 aromatic rings. The van der Waals surface area contributed by atoms with Crippen molar-refractivity contribution in [2.45, 2.75) is 13.3 Å². The Morgan fingerprint density at radius 1 is 1.33 bits per heavy atom. The van der Waals surface area contributed by atoms with Crippen molar-refractivity contribution in [3.8, 4) is 0 Å². The number of nitrogens with zero attached hydrogens (tertiary/aromatic N) is 2. The van der Waals surface area contributed by atoms with Crippen molar-refractivity contribution in [1.29, 1.82) is 0 Å². The Kier molecular flexibility index (Phi) is 5.31. The number of amides is 1. The van der Waals surface area contributed by atoms with E-state index < -0.39 is 0 Å². The summed E-state index contributed by atoms with van der Waals surface area (Å²) in [5.74, 6) is -0.405. The van der Waals surface area contributed by atoms with E-state index in [9.17, 15) is 9.18 Å². The molecule has 1 saturated heterocycles. The van der Waals surface area contributed by atoms with Crippen LogP contribution in [0.3, 0.4) is 0 Å². The van der Waals surface area contributed by atoms with E-state index in [0.717, 1.165) is 31.7 Å². The second kappa shape index (κ2) is 7.00. The highest BCUT2D eigenvalue weighted by molar-refractivity contribution is 5.79. The minimum Gasteiger partial charge on any atom is -0.340 e. The maximum atomic E-state index is 13.6. The van der Waals surface area contributed by atoms with E-state index in [1.165, 1.54) is 6.07 Å². The fourth-order valence-corrected chi connectivity index (χ4v) is 2.60. The summed E-state index contributed by atoms with van der Waals surface area (Å²) in [5.41, 5.74) is 7.22. The molecule has 2 rings (SSSR count). The van der Waals surface area contributed by atoms with Gasteiger partial charge in [-0.1, -0.05) is 12.1 Å². The zero-order chi connectivity index (χ0) is 15.4. The predicted octanol–water partition coefficient (Wildman–Crippen LogP) is 1.03. The molecule has 1 fully saturated rings. The largest absolute Gasteiger partial charge is 0.340 e. The third-order valence-corrected chi connectivity index (χ3v) is 4.17. The molecule has 1 amide bonds. The van der Waals surface area contributed by atoms with E-state index in [4.69, 9.17) is 5.73 Å². The number of piperazine rings is 1. The first-order chi connectivity index (χ1) is 10.0. The summed E-state index contributed by atoms with van der Waals surface area (Å²) < 4.78 is 13.6. The third kappa shape index (κ3) is 4.02. The molecule has 1 aliphatic heterocycles. The average molecular weight is 293 g/mol. The Morgan fingerprint density at radius 3 is 2.57 bits per heavy atom. The van der Waals surface area contributed by atoms with Crippen LogP contribution in [-0.4, -0.2) is 55.5 Å². The lowest BCUT2D eigenvalue weighted by molar-refractivity contribution is -0.136. The molecular weight excluding hydrogens is 269 g/mol. The van der Waals surface area contributed by atoms with Gasteiger partial charge in [0.25, 0.3) is 0 Å². The first kappa shape index (κ1) is 15.9. The van der Waals surface area contributed by atoms with Gasteiger partial charge in [-0.15, -0.1) is 0 Å². The van der Waals surface area contributed by atoms with Crippen molar-refractivity contribution in [3.63, 3.8) is 0 Å². The molecule has 21 heavy (non-hydrogen) atoms. The van der Waals surface area contributed by atoms with Gasteiger partial charge < -0.3 is 15.5 Å². The molecule has 116 valence electrons. The average Bonchev–Trinajstić information content (AvgIpc) is 2.48. The summed E-state index contributed by atoms with van der Waals surface area (Å²) in [6, 6.07) is 5.13. The van der Waals surface area contributed by atoms with Gasteiger partial charge in [0.15, 0.2) is 0 Å². The molecule has 1 atom stereocenters. The molecule has 5 heteroatoms. The fourth-order valence-electron chi connectivity index (χ4n) is 2.60. The van der Waals surface area contributed by atoms with Crippen LogP contribution in [0.1, 0.15) is 11.1 Å². The SMILES string of the molecule is Cc1ccc(CC(CN)C(=O)N2CCN(C)CC2)cc1F. The van der Waals surface area contributed by atoms with E-state index in [-0.39, 0.29) is 17.6 Å². The molecule has 0 radical (unpaired) electrons. The predicted molar refractivity (Wildman–Crippen MR) is 81.5 cm³/mol. The number of hydrogen-bond donors (Lipinski definition) is 1. The lowest BCUT2D eigenvalue weighted by atomic mass is 9.96. The monoisotopic (exact) mass is 293 g/mol. The molecule has 1 aliphatic rings. The second-order valence-electron chi connectivity index (χ2n) is 5.85. The van der Waals surface area contributed by atoms with Gasteiger partial charge in [0.05, 0.1) is 5.92 Å². The Bertz CT molecular complexity index is 498. The van der Waals surface area contributed by atoms with Crippen LogP contribution >= 0.6 is 0 Å². The molecular formula is C16H24FN3O. The fraction of sp³-hybridized carbons (Fsp3) is 0.562. The summed E-state index contributed by atoms with van der Waals surface area (Å²) in [5, 5.41) is 0. The molecule has 0 bridgehead atoms. The smallest absolute Gasteiger partial charge is 0.227 e. The first-order valence-electron chi connectivity index (χ1n) is 7.43. The Balaban J connectivity index is 2.01. The minimum absolute atomic E-state index is 0.0894. The van der Waals surface area contributed by atoms with E-state index in [0.29, 0.717) is 18.5 Å². The van der Waals surface area contributed by atoms with Crippen LogP contribution in [0.2, 0.25) is 0 Å². The number of benzene rings is 1. The Labute approximate surface area is 125 Å². The maximum Gasteiger partial charge on any atom is 0.227 e. The van der Waals surface area contributed by atoms with Crippen molar-refractivity contribution >= 4 is 5.91 Å². The summed E-state index contributed by atoms with van der Waals surface area (Å²) >= 11 is 0. The Hall–Kier alpha value is -1.46. The van der Waals surface area contributed by atoms with Crippen LogP contribution in [0.15, 0.2) is 18.2 Å². The highest BCUT2D eigenvalue weighted by Gasteiger charge is 2.26. The van der Waals surface area contributed by atoms with Gasteiger partial charge in [0.1, 0.15) is 5.82 Å². The molecule has 0 aliphatic carbocycles. The van der Waals surface area contributed by atoms with Crippen molar-refractivity contribution in [2.75, 3.05) is 39.8 Å². The van der Waals surface area contributed by atoms with Crippen molar-refractivity contribution in [3.05, 3.63) is 35.1 Å². The van der Waals surface area contributed by atoms with Crippen LogP contribution in [0.5, 0.6) is 0 Å². The summed E-state index contributed by atoms with van der Waals surface area (Å²) in [6.45, 7) is 5.29. The number of carbonyl (C=O) groups excluding carboxylic acids is 1. The van der Waals surface area contributed by atoms with Crippen LogP contribution < -0.4 is 5.73 Å². The van der Waals surface area contributed by atoms with Gasteiger partial charge in [-0.25, -0.2) is 4.39 Å². The van der Waals surface area contributed by atoms with E-state index in [1.807, 2.05) is 11.0 Å². The number of carbonyl (C=O) groups is 1. The quantitative estimate of drug-likeness (QED) is 0.902. The van der Waals surface area contributed by atoms with Crippen LogP contribution in [0.4, 0.5) is 4.39 Å². The normalized spacial score (nSPS) is 17.8. The van der Waals surface area contributed by atoms with Crippen LogP contribution in [0, 0.1) is 18.7 Å². The van der Waals surface area contributed by atoms with Gasteiger partial charge >= 0.3 is 0 Å². The number of aryl methyl sites for hydroxylation is 1. The van der Waals surface area contributed by atoms with Crippen molar-refractivity contribution in [1.82, 2.24) is 9.80 Å². The van der Waals surface area contributed by atoms with Crippen molar-refractivity contribution < 1.29 is 9.18 Å². The topological polar surface area (TPSA) is 49.6 Å². The minimum atomic E-state index is -0.268. The maximum absolute atomic E-state index is 13.6. The standard InChI is InChI=1S/C16H24FN3O/c1-12-3-4-13(10-15(12)17)9-14(11-18)16(21)20-7-5-19(2)6-8-20/h3-4,10,14H,5-9,11,18H2,1-2H3. The number of nitrogens with two attached hydrogens (primary N) is 1. The third-order valence-electron chi connectivity index (χ3n) is 4.17. The zero-order valence-electron chi connectivity index (χ0n) is 12.8. The molecule has 1 heterocycles. The van der Waals surface area contributed by atoms with Gasteiger partial charge in [0.2, 0.25) is 5.91 Å². The lowest BCUT2D eigenvalue weighted by Gasteiger charge is -2.34. The zero-order valence-corrected chi connectivity index (χ0v) is 12.8.